The van der Waals surface area contributed by atoms with Gasteiger partial charge in [0, 0.05) is 11.8 Å². The molecule has 26 heavy (non-hydrogen) atoms. The molecule has 3 unspecified atom stereocenters. The van der Waals surface area contributed by atoms with E-state index in [0.717, 1.165) is 24.2 Å². The van der Waals surface area contributed by atoms with E-state index in [-0.39, 0.29) is 17.8 Å². The summed E-state index contributed by atoms with van der Waals surface area (Å²) in [4.78, 5) is 12.5. The predicted molar refractivity (Wildman–Crippen MR) is 104 cm³/mol. The number of benzene rings is 1. The zero-order valence-electron chi connectivity index (χ0n) is 15.3. The van der Waals surface area contributed by atoms with Gasteiger partial charge in [-0.25, -0.2) is 4.39 Å². The van der Waals surface area contributed by atoms with Crippen LogP contribution in [0.1, 0.15) is 55.0 Å². The zero-order valence-corrected chi connectivity index (χ0v) is 16.2. The van der Waals surface area contributed by atoms with Crippen LogP contribution in [0.2, 0.25) is 0 Å². The maximum Gasteiger partial charge on any atom is 0.287 e. The summed E-state index contributed by atoms with van der Waals surface area (Å²) in [5.74, 6) is 3.28. The van der Waals surface area contributed by atoms with Crippen molar-refractivity contribution >= 4 is 17.7 Å². The van der Waals surface area contributed by atoms with E-state index in [1.54, 1.807) is 30.0 Å². The second kappa shape index (κ2) is 8.76. The topological polar surface area (TPSA) is 42.2 Å². The lowest BCUT2D eigenvalue weighted by molar-refractivity contribution is 0.0861. The number of hydrogen-bond donors (Lipinski definition) is 1. The fourth-order valence-corrected chi connectivity index (χ4v) is 4.37. The SMILES string of the molecule is CC1CCCC(NC(=O)c2ccc(CSCc3cccc(F)c3)o2)C1C. The molecule has 0 aliphatic heterocycles. The number of carbonyl (C=O) groups is 1. The fraction of sp³-hybridized carbons (Fsp3) is 0.476. The van der Waals surface area contributed by atoms with Crippen molar-refractivity contribution in [3.05, 3.63) is 59.3 Å². The summed E-state index contributed by atoms with van der Waals surface area (Å²) in [5.41, 5.74) is 0.944. The highest BCUT2D eigenvalue weighted by atomic mass is 32.2. The van der Waals surface area contributed by atoms with Gasteiger partial charge in [-0.2, -0.15) is 0 Å². The number of nitrogens with one attached hydrogen (secondary N) is 1. The number of thioether (sulfide) groups is 1. The largest absolute Gasteiger partial charge is 0.455 e. The summed E-state index contributed by atoms with van der Waals surface area (Å²) in [6.45, 7) is 4.47. The molecule has 2 aromatic rings. The number of hydrogen-bond acceptors (Lipinski definition) is 3. The molecule has 0 spiro atoms. The van der Waals surface area contributed by atoms with Crippen molar-refractivity contribution in [1.29, 1.82) is 0 Å². The molecule has 1 heterocycles. The first-order valence-corrected chi connectivity index (χ1v) is 10.4. The van der Waals surface area contributed by atoms with Crippen LogP contribution >= 0.6 is 11.8 Å². The predicted octanol–water partition coefficient (Wildman–Crippen LogP) is 5.41. The van der Waals surface area contributed by atoms with Gasteiger partial charge in [-0.1, -0.05) is 38.8 Å². The van der Waals surface area contributed by atoms with Crippen LogP contribution in [0.5, 0.6) is 0 Å². The molecule has 1 aliphatic carbocycles. The molecule has 5 heteroatoms. The van der Waals surface area contributed by atoms with E-state index in [1.165, 1.54) is 12.5 Å². The number of amides is 1. The van der Waals surface area contributed by atoms with E-state index >= 15 is 0 Å². The van der Waals surface area contributed by atoms with Crippen molar-refractivity contribution in [1.82, 2.24) is 5.32 Å². The van der Waals surface area contributed by atoms with Gasteiger partial charge in [0.2, 0.25) is 0 Å². The summed E-state index contributed by atoms with van der Waals surface area (Å²) in [6.07, 6.45) is 3.44. The van der Waals surface area contributed by atoms with Crippen molar-refractivity contribution in [3.63, 3.8) is 0 Å². The molecule has 1 saturated carbocycles. The van der Waals surface area contributed by atoms with Crippen molar-refractivity contribution in [2.75, 3.05) is 0 Å². The molecule has 3 nitrogen and oxygen atoms in total. The van der Waals surface area contributed by atoms with Crippen molar-refractivity contribution in [3.8, 4) is 0 Å². The molecule has 1 amide bonds. The molecule has 3 rings (SSSR count). The maximum atomic E-state index is 13.2. The second-order valence-corrected chi connectivity index (χ2v) is 8.22. The smallest absolute Gasteiger partial charge is 0.287 e. The molecule has 140 valence electrons. The lowest BCUT2D eigenvalue weighted by Gasteiger charge is -2.34. The molecule has 0 radical (unpaired) electrons. The lowest BCUT2D eigenvalue weighted by atomic mass is 9.78. The van der Waals surface area contributed by atoms with Gasteiger partial charge in [0.05, 0.1) is 5.75 Å². The second-order valence-electron chi connectivity index (χ2n) is 7.24. The highest BCUT2D eigenvalue weighted by molar-refractivity contribution is 7.97. The standard InChI is InChI=1S/C21H26FNO2S/c1-14-5-3-8-19(15(14)2)23-21(24)20-10-9-18(25-20)13-26-12-16-6-4-7-17(22)11-16/h4,6-7,9-11,14-15,19H,3,5,8,12-13H2,1-2H3,(H,23,24). The average Bonchev–Trinajstić information content (AvgIpc) is 3.08. The third kappa shape index (κ3) is 4.91. The van der Waals surface area contributed by atoms with E-state index < -0.39 is 0 Å². The summed E-state index contributed by atoms with van der Waals surface area (Å²) in [5, 5.41) is 3.14. The molecule has 0 saturated heterocycles. The van der Waals surface area contributed by atoms with Crippen molar-refractivity contribution in [2.45, 2.75) is 50.7 Å². The summed E-state index contributed by atoms with van der Waals surface area (Å²) < 4.78 is 18.9. The summed E-state index contributed by atoms with van der Waals surface area (Å²) in [7, 11) is 0. The van der Waals surface area contributed by atoms with Gasteiger partial charge in [-0.05, 0) is 48.1 Å². The Morgan fingerprint density at radius 2 is 2.08 bits per heavy atom. The van der Waals surface area contributed by atoms with E-state index in [1.807, 2.05) is 12.1 Å². The van der Waals surface area contributed by atoms with E-state index in [4.69, 9.17) is 4.42 Å². The minimum atomic E-state index is -0.216. The van der Waals surface area contributed by atoms with Crippen LogP contribution < -0.4 is 5.32 Å². The summed E-state index contributed by atoms with van der Waals surface area (Å²) >= 11 is 1.64. The quantitative estimate of drug-likeness (QED) is 0.734. The molecule has 0 bridgehead atoms. The first kappa shape index (κ1) is 19.0. The van der Waals surface area contributed by atoms with E-state index in [2.05, 4.69) is 19.2 Å². The van der Waals surface area contributed by atoms with Crippen molar-refractivity contribution in [2.24, 2.45) is 11.8 Å². The number of furan rings is 1. The maximum absolute atomic E-state index is 13.2. The molecule has 1 fully saturated rings. The van der Waals surface area contributed by atoms with Crippen LogP contribution in [0.15, 0.2) is 40.8 Å². The summed E-state index contributed by atoms with van der Waals surface area (Å²) in [6, 6.07) is 10.4. The van der Waals surface area contributed by atoms with Crippen molar-refractivity contribution < 1.29 is 13.6 Å². The molecule has 1 N–H and O–H groups in total. The Bertz CT molecular complexity index is 745. The van der Waals surface area contributed by atoms with Gasteiger partial charge in [-0.3, -0.25) is 4.79 Å². The Hall–Kier alpha value is -1.75. The lowest BCUT2D eigenvalue weighted by Crippen LogP contribution is -2.43. The van der Waals surface area contributed by atoms with Crippen LogP contribution in [-0.2, 0) is 11.5 Å². The third-order valence-corrected chi connectivity index (χ3v) is 6.34. The number of halogens is 1. The fourth-order valence-electron chi connectivity index (χ4n) is 3.50. The molecule has 3 atom stereocenters. The highest BCUT2D eigenvalue weighted by Crippen LogP contribution is 2.29. The molecular weight excluding hydrogens is 349 g/mol. The van der Waals surface area contributed by atoms with Gasteiger partial charge in [-0.15, -0.1) is 11.8 Å². The molecule has 1 aromatic carbocycles. The van der Waals surface area contributed by atoms with Gasteiger partial charge in [0.15, 0.2) is 5.76 Å². The Balaban J connectivity index is 1.50. The molecule has 1 aromatic heterocycles. The number of rotatable bonds is 6. The monoisotopic (exact) mass is 375 g/mol. The van der Waals surface area contributed by atoms with Crippen LogP contribution in [0.3, 0.4) is 0 Å². The van der Waals surface area contributed by atoms with Crippen LogP contribution in [-0.4, -0.2) is 11.9 Å². The number of carbonyl (C=O) groups excluding carboxylic acids is 1. The minimum absolute atomic E-state index is 0.127. The van der Waals surface area contributed by atoms with Crippen LogP contribution in [0.4, 0.5) is 4.39 Å². The van der Waals surface area contributed by atoms with Gasteiger partial charge in [0.1, 0.15) is 11.6 Å². The van der Waals surface area contributed by atoms with Crippen LogP contribution in [0.25, 0.3) is 0 Å². The average molecular weight is 376 g/mol. The Labute approximate surface area is 158 Å². The first-order chi connectivity index (χ1) is 12.5. The first-order valence-electron chi connectivity index (χ1n) is 9.24. The van der Waals surface area contributed by atoms with Gasteiger partial charge < -0.3 is 9.73 Å². The van der Waals surface area contributed by atoms with Gasteiger partial charge in [0.25, 0.3) is 5.91 Å². The Morgan fingerprint density at radius 1 is 1.23 bits per heavy atom. The van der Waals surface area contributed by atoms with E-state index in [9.17, 15) is 9.18 Å². The molecule has 1 aliphatic rings. The van der Waals surface area contributed by atoms with Crippen LogP contribution in [0, 0.1) is 17.7 Å². The van der Waals surface area contributed by atoms with E-state index in [0.29, 0.717) is 29.1 Å². The Morgan fingerprint density at radius 3 is 2.88 bits per heavy atom. The minimum Gasteiger partial charge on any atom is -0.455 e. The normalized spacial score (nSPS) is 23.0. The zero-order chi connectivity index (χ0) is 18.5. The molecular formula is C21H26FNO2S. The van der Waals surface area contributed by atoms with Gasteiger partial charge >= 0.3 is 0 Å². The Kier molecular flexibility index (Phi) is 6.41. The third-order valence-electron chi connectivity index (χ3n) is 5.31. The highest BCUT2D eigenvalue weighted by Gasteiger charge is 2.29.